The molecule has 0 N–H and O–H groups in total. The molecule has 0 aliphatic carbocycles. The summed E-state index contributed by atoms with van der Waals surface area (Å²) >= 11 is 0. The fourth-order valence-corrected chi connectivity index (χ4v) is 1.97. The summed E-state index contributed by atoms with van der Waals surface area (Å²) in [4.78, 5) is 2.26. The maximum atomic E-state index is 2.28. The highest BCUT2D eigenvalue weighted by Crippen LogP contribution is 2.26. The van der Waals surface area contributed by atoms with Crippen molar-refractivity contribution in [2.24, 2.45) is 17.8 Å². The van der Waals surface area contributed by atoms with E-state index in [4.69, 9.17) is 0 Å². The van der Waals surface area contributed by atoms with Gasteiger partial charge in [-0.05, 0) is 54.9 Å². The molecule has 1 heteroatoms. The van der Waals surface area contributed by atoms with Crippen LogP contribution in [0.3, 0.4) is 0 Å². The van der Waals surface area contributed by atoms with Crippen LogP contribution in [0.4, 0.5) is 0 Å². The zero-order chi connectivity index (χ0) is 17.9. The average molecular weight is 308 g/mol. The van der Waals surface area contributed by atoms with Gasteiger partial charge in [0.2, 0.25) is 0 Å². The molecule has 1 aliphatic rings. The zero-order valence-corrected chi connectivity index (χ0v) is 17.1. The molecule has 0 unspecified atom stereocenters. The maximum absolute atomic E-state index is 2.28. The largest absolute Gasteiger partial charge is 0.352 e. The van der Waals surface area contributed by atoms with E-state index in [1.54, 1.807) is 0 Å². The molecular formula is C21H41N. The second-order valence-electron chi connectivity index (χ2n) is 7.12. The van der Waals surface area contributed by atoms with Crippen LogP contribution in [0.25, 0.3) is 0 Å². The van der Waals surface area contributed by atoms with E-state index >= 15 is 0 Å². The van der Waals surface area contributed by atoms with Crippen LogP contribution in [-0.2, 0) is 0 Å². The molecule has 0 aromatic heterocycles. The van der Waals surface area contributed by atoms with Crippen LogP contribution in [0, 0.1) is 17.8 Å². The first-order valence-corrected chi connectivity index (χ1v) is 9.04. The maximum Gasteiger partial charge on any atom is 0.0274 e. The van der Waals surface area contributed by atoms with Crippen molar-refractivity contribution in [3.05, 3.63) is 35.7 Å². The van der Waals surface area contributed by atoms with E-state index in [1.807, 2.05) is 13.8 Å². The first-order chi connectivity index (χ1) is 10.2. The molecule has 0 aromatic rings. The van der Waals surface area contributed by atoms with Gasteiger partial charge in [0, 0.05) is 18.4 Å². The van der Waals surface area contributed by atoms with Crippen molar-refractivity contribution in [3.8, 4) is 0 Å². The van der Waals surface area contributed by atoms with Crippen molar-refractivity contribution in [2.45, 2.75) is 82.2 Å². The second kappa shape index (κ2) is 12.6. The molecular weight excluding hydrogens is 266 g/mol. The standard InChI is InChI=1S/C15H25N.C4H10.C2H6/c1-11(2)14-7-9-16(13(5)6)10-8-15(14)12(3)4;1-4(2)3;1-2/h7-13H,1-6H3;4H,1-3H3;1-2H3. The van der Waals surface area contributed by atoms with Gasteiger partial charge in [0.15, 0.2) is 0 Å². The topological polar surface area (TPSA) is 3.24 Å². The Morgan fingerprint density at radius 1 is 0.636 bits per heavy atom. The van der Waals surface area contributed by atoms with E-state index in [0.717, 1.165) is 5.92 Å². The number of nitrogens with zero attached hydrogens (tertiary/aromatic N) is 1. The van der Waals surface area contributed by atoms with Crippen LogP contribution in [0.5, 0.6) is 0 Å². The SMILES string of the molecule is CC.CC(C)C.CC(C)C1=C(C(C)C)C=CN(C(C)C)C=C1. The smallest absolute Gasteiger partial charge is 0.0274 e. The van der Waals surface area contributed by atoms with Crippen LogP contribution in [0.15, 0.2) is 35.7 Å². The molecule has 1 aliphatic heterocycles. The van der Waals surface area contributed by atoms with Gasteiger partial charge in [0.1, 0.15) is 0 Å². The highest BCUT2D eigenvalue weighted by atomic mass is 15.1. The molecule has 22 heavy (non-hydrogen) atoms. The molecule has 0 saturated heterocycles. The molecule has 1 nitrogen and oxygen atoms in total. The van der Waals surface area contributed by atoms with E-state index in [1.165, 1.54) is 11.1 Å². The monoisotopic (exact) mass is 307 g/mol. The normalized spacial score (nSPS) is 14.2. The Bertz CT molecular complexity index is 323. The summed E-state index contributed by atoms with van der Waals surface area (Å²) < 4.78 is 0. The average Bonchev–Trinajstić information content (AvgIpc) is 2.62. The van der Waals surface area contributed by atoms with Crippen molar-refractivity contribution in [3.63, 3.8) is 0 Å². The lowest BCUT2D eigenvalue weighted by molar-refractivity contribution is 0.417. The van der Waals surface area contributed by atoms with Crippen molar-refractivity contribution >= 4 is 0 Å². The summed E-state index contributed by atoms with van der Waals surface area (Å²) in [7, 11) is 0. The predicted molar refractivity (Wildman–Crippen MR) is 104 cm³/mol. The fraction of sp³-hybridized carbons (Fsp3) is 0.714. The van der Waals surface area contributed by atoms with Gasteiger partial charge in [-0.15, -0.1) is 0 Å². The van der Waals surface area contributed by atoms with Gasteiger partial charge >= 0.3 is 0 Å². The number of rotatable bonds is 3. The van der Waals surface area contributed by atoms with Crippen molar-refractivity contribution < 1.29 is 0 Å². The number of hydrogen-bond acceptors (Lipinski definition) is 1. The van der Waals surface area contributed by atoms with E-state index < -0.39 is 0 Å². The van der Waals surface area contributed by atoms with Gasteiger partial charge in [-0.3, -0.25) is 0 Å². The van der Waals surface area contributed by atoms with Gasteiger partial charge in [0.25, 0.3) is 0 Å². The molecule has 0 atom stereocenters. The number of allylic oxidation sites excluding steroid dienone is 4. The third-order valence-corrected chi connectivity index (χ3v) is 3.03. The quantitative estimate of drug-likeness (QED) is 0.540. The highest BCUT2D eigenvalue weighted by Gasteiger charge is 2.13. The summed E-state index contributed by atoms with van der Waals surface area (Å²) in [5.74, 6) is 2.01. The van der Waals surface area contributed by atoms with E-state index in [9.17, 15) is 0 Å². The Morgan fingerprint density at radius 3 is 1.09 bits per heavy atom. The minimum Gasteiger partial charge on any atom is -0.352 e. The summed E-state index contributed by atoms with van der Waals surface area (Å²) in [6.07, 6.45) is 8.96. The van der Waals surface area contributed by atoms with Crippen LogP contribution < -0.4 is 0 Å². The molecule has 130 valence electrons. The van der Waals surface area contributed by atoms with E-state index in [0.29, 0.717) is 17.9 Å². The van der Waals surface area contributed by atoms with Crippen LogP contribution in [-0.4, -0.2) is 10.9 Å². The lowest BCUT2D eigenvalue weighted by atomic mass is 9.91. The molecule has 0 amide bonds. The van der Waals surface area contributed by atoms with Gasteiger partial charge in [-0.25, -0.2) is 0 Å². The van der Waals surface area contributed by atoms with Gasteiger partial charge < -0.3 is 4.90 Å². The van der Waals surface area contributed by atoms with Gasteiger partial charge in [0.05, 0.1) is 0 Å². The minimum atomic E-state index is 0.521. The third-order valence-electron chi connectivity index (χ3n) is 3.03. The molecule has 0 fully saturated rings. The summed E-state index contributed by atoms with van der Waals surface area (Å²) in [5.41, 5.74) is 2.93. The first-order valence-electron chi connectivity index (χ1n) is 9.04. The summed E-state index contributed by atoms with van der Waals surface area (Å²) in [6, 6.07) is 0.521. The van der Waals surface area contributed by atoms with Crippen LogP contribution >= 0.6 is 0 Å². The first kappa shape index (κ1) is 23.3. The van der Waals surface area contributed by atoms with Gasteiger partial charge in [-0.2, -0.15) is 0 Å². The molecule has 1 heterocycles. The molecule has 0 bridgehead atoms. The number of hydrogen-bond donors (Lipinski definition) is 0. The Balaban J connectivity index is 0. The molecule has 0 spiro atoms. The Hall–Kier alpha value is -0.980. The highest BCUT2D eigenvalue weighted by molar-refractivity contribution is 5.37. The summed E-state index contributed by atoms with van der Waals surface area (Å²) in [5, 5.41) is 0. The lowest BCUT2D eigenvalue weighted by Gasteiger charge is -2.19. The Kier molecular flexibility index (Phi) is 13.3. The van der Waals surface area contributed by atoms with Gasteiger partial charge in [-0.1, -0.05) is 62.3 Å². The van der Waals surface area contributed by atoms with E-state index in [2.05, 4.69) is 91.8 Å². The van der Waals surface area contributed by atoms with Crippen molar-refractivity contribution in [1.29, 1.82) is 0 Å². The van der Waals surface area contributed by atoms with Crippen molar-refractivity contribution in [2.75, 3.05) is 0 Å². The molecule has 0 saturated carbocycles. The second-order valence-corrected chi connectivity index (χ2v) is 7.12. The Morgan fingerprint density at radius 2 is 0.909 bits per heavy atom. The fourth-order valence-electron chi connectivity index (χ4n) is 1.97. The molecule has 0 aromatic carbocycles. The third kappa shape index (κ3) is 9.87. The molecule has 0 radical (unpaired) electrons. The zero-order valence-electron chi connectivity index (χ0n) is 17.1. The minimum absolute atomic E-state index is 0.521. The van der Waals surface area contributed by atoms with Crippen LogP contribution in [0.1, 0.15) is 76.2 Å². The lowest BCUT2D eigenvalue weighted by Crippen LogP contribution is -2.18. The summed E-state index contributed by atoms with van der Waals surface area (Å²) in [6.45, 7) is 24.0. The predicted octanol–water partition coefficient (Wildman–Crippen LogP) is 7.03. The Labute approximate surface area is 141 Å². The molecule has 1 rings (SSSR count). The van der Waals surface area contributed by atoms with Crippen LogP contribution in [0.2, 0.25) is 0 Å². The van der Waals surface area contributed by atoms with Crippen molar-refractivity contribution in [1.82, 2.24) is 4.90 Å². The van der Waals surface area contributed by atoms with E-state index in [-0.39, 0.29) is 0 Å².